The second-order valence-electron chi connectivity index (χ2n) is 6.39. The molecular weight excluding hydrogens is 338 g/mol. The molecule has 6 heteroatoms. The van der Waals surface area contributed by atoms with E-state index >= 15 is 0 Å². The van der Waals surface area contributed by atoms with Crippen molar-refractivity contribution in [3.63, 3.8) is 0 Å². The summed E-state index contributed by atoms with van der Waals surface area (Å²) in [5, 5.41) is 8.53. The van der Waals surface area contributed by atoms with Gasteiger partial charge in [0, 0.05) is 17.8 Å². The van der Waals surface area contributed by atoms with Gasteiger partial charge in [0.15, 0.2) is 0 Å². The maximum absolute atomic E-state index is 12.5. The van der Waals surface area contributed by atoms with Crippen molar-refractivity contribution in [1.82, 2.24) is 25.1 Å². The molecule has 0 fully saturated rings. The predicted molar refractivity (Wildman–Crippen MR) is 104 cm³/mol. The van der Waals surface area contributed by atoms with Gasteiger partial charge in [0.25, 0.3) is 11.9 Å². The van der Waals surface area contributed by atoms with Gasteiger partial charge >= 0.3 is 0 Å². The highest BCUT2D eigenvalue weighted by molar-refractivity contribution is 5.93. The summed E-state index contributed by atoms with van der Waals surface area (Å²) in [4.78, 5) is 21.2. The van der Waals surface area contributed by atoms with Crippen LogP contribution < -0.4 is 5.32 Å². The molecule has 1 atom stereocenters. The van der Waals surface area contributed by atoms with Crippen LogP contribution in [0.2, 0.25) is 0 Å². The van der Waals surface area contributed by atoms with E-state index in [0.717, 1.165) is 22.2 Å². The van der Waals surface area contributed by atoms with Gasteiger partial charge in [-0.15, -0.1) is 0 Å². The van der Waals surface area contributed by atoms with E-state index in [0.29, 0.717) is 11.5 Å². The molecule has 27 heavy (non-hydrogen) atoms. The number of amides is 1. The molecule has 0 aliphatic heterocycles. The molecule has 0 saturated heterocycles. The van der Waals surface area contributed by atoms with Crippen LogP contribution in [0.4, 0.5) is 0 Å². The minimum absolute atomic E-state index is 0.101. The number of fused-ring (bicyclic) bond motifs is 1. The minimum Gasteiger partial charge on any atom is -0.345 e. The van der Waals surface area contributed by atoms with Gasteiger partial charge in [-0.25, -0.2) is 9.97 Å². The monoisotopic (exact) mass is 357 g/mol. The Bertz CT molecular complexity index is 1090. The number of carbonyl (C=O) groups is 1. The molecule has 2 heterocycles. The highest BCUT2D eigenvalue weighted by Crippen LogP contribution is 2.19. The SMILES string of the molecule is Cc1nn(-c2ncc(C(=O)N[C@H](C)c3ccccc3)cn2)c2ccccc12. The average molecular weight is 357 g/mol. The summed E-state index contributed by atoms with van der Waals surface area (Å²) in [5.41, 5.74) is 3.30. The highest BCUT2D eigenvalue weighted by atomic mass is 16.1. The van der Waals surface area contributed by atoms with E-state index in [4.69, 9.17) is 0 Å². The number of nitrogens with one attached hydrogen (secondary N) is 1. The lowest BCUT2D eigenvalue weighted by molar-refractivity contribution is 0.0939. The molecule has 0 unspecified atom stereocenters. The lowest BCUT2D eigenvalue weighted by atomic mass is 10.1. The Labute approximate surface area is 156 Å². The van der Waals surface area contributed by atoms with Gasteiger partial charge in [-0.1, -0.05) is 48.5 Å². The van der Waals surface area contributed by atoms with Crippen molar-refractivity contribution >= 4 is 16.8 Å². The first kappa shape index (κ1) is 16.9. The summed E-state index contributed by atoms with van der Waals surface area (Å²) in [6.07, 6.45) is 3.06. The van der Waals surface area contributed by atoms with Gasteiger partial charge in [-0.05, 0) is 25.5 Å². The molecule has 1 N–H and O–H groups in total. The van der Waals surface area contributed by atoms with Gasteiger partial charge < -0.3 is 5.32 Å². The van der Waals surface area contributed by atoms with Gasteiger partial charge in [0.05, 0.1) is 22.8 Å². The summed E-state index contributed by atoms with van der Waals surface area (Å²) in [5.74, 6) is 0.228. The second-order valence-corrected chi connectivity index (χ2v) is 6.39. The Morgan fingerprint density at radius 3 is 2.41 bits per heavy atom. The van der Waals surface area contributed by atoms with Crippen LogP contribution in [-0.4, -0.2) is 25.7 Å². The summed E-state index contributed by atoms with van der Waals surface area (Å²) in [6.45, 7) is 3.90. The summed E-state index contributed by atoms with van der Waals surface area (Å²) in [7, 11) is 0. The Morgan fingerprint density at radius 2 is 1.67 bits per heavy atom. The fourth-order valence-electron chi connectivity index (χ4n) is 3.03. The number of benzene rings is 2. The van der Waals surface area contributed by atoms with E-state index in [1.165, 1.54) is 12.4 Å². The molecular formula is C21H19N5O. The normalized spacial score (nSPS) is 12.1. The molecule has 0 spiro atoms. The maximum Gasteiger partial charge on any atom is 0.254 e. The van der Waals surface area contributed by atoms with Crippen LogP contribution in [0.3, 0.4) is 0 Å². The Balaban J connectivity index is 1.56. The van der Waals surface area contributed by atoms with E-state index in [1.54, 1.807) is 4.68 Å². The molecule has 134 valence electrons. The summed E-state index contributed by atoms with van der Waals surface area (Å²) in [6, 6.07) is 17.6. The van der Waals surface area contributed by atoms with E-state index in [-0.39, 0.29) is 11.9 Å². The first-order chi connectivity index (χ1) is 13.1. The number of aromatic nitrogens is 4. The number of rotatable bonds is 4. The van der Waals surface area contributed by atoms with Crippen LogP contribution in [0.25, 0.3) is 16.9 Å². The zero-order valence-electron chi connectivity index (χ0n) is 15.1. The fourth-order valence-corrected chi connectivity index (χ4v) is 3.03. The van der Waals surface area contributed by atoms with E-state index in [1.807, 2.05) is 68.4 Å². The number of hydrogen-bond donors (Lipinski definition) is 1. The lowest BCUT2D eigenvalue weighted by Crippen LogP contribution is -2.27. The van der Waals surface area contributed by atoms with Crippen molar-refractivity contribution < 1.29 is 4.79 Å². The van der Waals surface area contributed by atoms with Crippen molar-refractivity contribution in [3.8, 4) is 5.95 Å². The number of carbonyl (C=O) groups excluding carboxylic acids is 1. The third-order valence-electron chi connectivity index (χ3n) is 4.51. The number of para-hydroxylation sites is 1. The molecule has 6 nitrogen and oxygen atoms in total. The van der Waals surface area contributed by atoms with Gasteiger partial charge in [-0.2, -0.15) is 9.78 Å². The first-order valence-corrected chi connectivity index (χ1v) is 8.76. The molecule has 0 aliphatic carbocycles. The Morgan fingerprint density at radius 1 is 1.00 bits per heavy atom. The van der Waals surface area contributed by atoms with Gasteiger partial charge in [0.1, 0.15) is 0 Å². The number of aryl methyl sites for hydroxylation is 1. The molecule has 0 radical (unpaired) electrons. The van der Waals surface area contributed by atoms with Gasteiger partial charge in [-0.3, -0.25) is 4.79 Å². The van der Waals surface area contributed by atoms with Crippen molar-refractivity contribution in [3.05, 3.63) is 83.8 Å². The standard InChI is InChI=1S/C21H19N5O/c1-14(16-8-4-3-5-9-16)24-20(27)17-12-22-21(23-13-17)26-19-11-7-6-10-18(19)15(2)25-26/h3-14H,1-2H3,(H,24,27)/t14-/m1/s1. The largest absolute Gasteiger partial charge is 0.345 e. The van der Waals surface area contributed by atoms with Crippen LogP contribution in [0, 0.1) is 6.92 Å². The second kappa shape index (κ2) is 6.99. The zero-order chi connectivity index (χ0) is 18.8. The Hall–Kier alpha value is -3.54. The van der Waals surface area contributed by atoms with Crippen molar-refractivity contribution in [2.24, 2.45) is 0 Å². The predicted octanol–water partition coefficient (Wildman–Crippen LogP) is 3.61. The van der Waals surface area contributed by atoms with Gasteiger partial charge in [0.2, 0.25) is 0 Å². The third-order valence-corrected chi connectivity index (χ3v) is 4.51. The number of hydrogen-bond acceptors (Lipinski definition) is 4. The van der Waals surface area contributed by atoms with E-state index in [2.05, 4.69) is 20.4 Å². The summed E-state index contributed by atoms with van der Waals surface area (Å²) < 4.78 is 1.69. The fraction of sp³-hybridized carbons (Fsp3) is 0.143. The average Bonchev–Trinajstić information content (AvgIpc) is 3.06. The molecule has 0 aliphatic rings. The maximum atomic E-state index is 12.5. The zero-order valence-corrected chi connectivity index (χ0v) is 15.1. The van der Waals surface area contributed by atoms with Crippen LogP contribution in [0.1, 0.15) is 34.6 Å². The topological polar surface area (TPSA) is 72.7 Å². The van der Waals surface area contributed by atoms with Crippen molar-refractivity contribution in [2.45, 2.75) is 19.9 Å². The van der Waals surface area contributed by atoms with E-state index in [9.17, 15) is 4.79 Å². The molecule has 4 rings (SSSR count). The van der Waals surface area contributed by atoms with Crippen LogP contribution >= 0.6 is 0 Å². The molecule has 0 bridgehead atoms. The molecule has 0 saturated carbocycles. The quantitative estimate of drug-likeness (QED) is 0.605. The summed E-state index contributed by atoms with van der Waals surface area (Å²) >= 11 is 0. The van der Waals surface area contributed by atoms with Crippen LogP contribution in [0.15, 0.2) is 67.0 Å². The molecule has 2 aromatic carbocycles. The van der Waals surface area contributed by atoms with Crippen molar-refractivity contribution in [1.29, 1.82) is 0 Å². The first-order valence-electron chi connectivity index (χ1n) is 8.76. The molecule has 1 amide bonds. The smallest absolute Gasteiger partial charge is 0.254 e. The number of nitrogens with zero attached hydrogens (tertiary/aromatic N) is 4. The van der Waals surface area contributed by atoms with Crippen LogP contribution in [-0.2, 0) is 0 Å². The van der Waals surface area contributed by atoms with E-state index < -0.39 is 0 Å². The lowest BCUT2D eigenvalue weighted by Gasteiger charge is -2.14. The minimum atomic E-state index is -0.209. The van der Waals surface area contributed by atoms with Crippen LogP contribution in [0.5, 0.6) is 0 Å². The van der Waals surface area contributed by atoms with Crippen molar-refractivity contribution in [2.75, 3.05) is 0 Å². The Kier molecular flexibility index (Phi) is 4.38. The molecule has 4 aromatic rings. The highest BCUT2D eigenvalue weighted by Gasteiger charge is 2.14. The third kappa shape index (κ3) is 3.29. The molecule has 2 aromatic heterocycles.